The summed E-state index contributed by atoms with van der Waals surface area (Å²) in [5, 5.41) is 14.9. The van der Waals surface area contributed by atoms with E-state index in [9.17, 15) is 0 Å². The normalized spacial score (nSPS) is 10.7. The fourth-order valence-electron chi connectivity index (χ4n) is 2.13. The fourth-order valence-corrected chi connectivity index (χ4v) is 2.13. The van der Waals surface area contributed by atoms with Crippen LogP contribution < -0.4 is 5.32 Å². The zero-order chi connectivity index (χ0) is 13.8. The van der Waals surface area contributed by atoms with Crippen LogP contribution in [0, 0.1) is 0 Å². The minimum absolute atomic E-state index is 0.0158. The number of rotatable bonds is 4. The Morgan fingerprint density at radius 1 is 0.900 bits per heavy atom. The lowest BCUT2D eigenvalue weighted by atomic mass is 9.99. The molecule has 5 heteroatoms. The van der Waals surface area contributed by atoms with E-state index >= 15 is 0 Å². The largest absolute Gasteiger partial charge is 0.342 e. The maximum absolute atomic E-state index is 4.00. The van der Waals surface area contributed by atoms with E-state index in [0.29, 0.717) is 5.95 Å². The fraction of sp³-hybridized carbons (Fsp3) is 0.133. The van der Waals surface area contributed by atoms with E-state index in [0.717, 1.165) is 0 Å². The third-order valence-electron chi connectivity index (χ3n) is 3.16. The summed E-state index contributed by atoms with van der Waals surface area (Å²) < 4.78 is 1.62. The van der Waals surface area contributed by atoms with Crippen molar-refractivity contribution >= 4 is 5.95 Å². The minimum Gasteiger partial charge on any atom is -0.342 e. The number of tetrazole rings is 1. The summed E-state index contributed by atoms with van der Waals surface area (Å²) in [6.07, 6.45) is 0. The Labute approximate surface area is 117 Å². The number of nitrogens with one attached hydrogen (secondary N) is 1. The van der Waals surface area contributed by atoms with Crippen molar-refractivity contribution in [1.82, 2.24) is 20.2 Å². The Hall–Kier alpha value is -2.69. The van der Waals surface area contributed by atoms with Gasteiger partial charge >= 0.3 is 0 Å². The Kier molecular flexibility index (Phi) is 3.41. The van der Waals surface area contributed by atoms with E-state index in [1.54, 1.807) is 4.68 Å². The molecule has 1 heterocycles. The van der Waals surface area contributed by atoms with Gasteiger partial charge in [0, 0.05) is 7.05 Å². The Morgan fingerprint density at radius 3 is 1.90 bits per heavy atom. The van der Waals surface area contributed by atoms with Gasteiger partial charge in [-0.1, -0.05) is 65.8 Å². The quantitative estimate of drug-likeness (QED) is 0.787. The highest BCUT2D eigenvalue weighted by molar-refractivity contribution is 5.40. The van der Waals surface area contributed by atoms with Gasteiger partial charge in [-0.05, 0) is 21.6 Å². The molecule has 0 saturated carbocycles. The zero-order valence-electron chi connectivity index (χ0n) is 11.1. The molecule has 0 amide bonds. The first-order valence-corrected chi connectivity index (χ1v) is 6.43. The van der Waals surface area contributed by atoms with E-state index in [1.165, 1.54) is 11.1 Å². The molecule has 0 spiro atoms. The van der Waals surface area contributed by atoms with Gasteiger partial charge in [-0.15, -0.1) is 0 Å². The van der Waals surface area contributed by atoms with E-state index in [4.69, 9.17) is 0 Å². The molecule has 5 nitrogen and oxygen atoms in total. The first-order valence-electron chi connectivity index (χ1n) is 6.43. The molecule has 0 aliphatic carbocycles. The van der Waals surface area contributed by atoms with Crippen molar-refractivity contribution in [3.8, 4) is 0 Å². The Bertz CT molecular complexity index is 624. The molecule has 0 aliphatic heterocycles. The molecular formula is C15H15N5. The number of benzene rings is 2. The Balaban J connectivity index is 1.98. The van der Waals surface area contributed by atoms with Crippen LogP contribution in [0.15, 0.2) is 60.7 Å². The van der Waals surface area contributed by atoms with E-state index in [1.807, 2.05) is 43.4 Å². The molecule has 20 heavy (non-hydrogen) atoms. The van der Waals surface area contributed by atoms with Crippen molar-refractivity contribution < 1.29 is 0 Å². The van der Waals surface area contributed by atoms with Crippen molar-refractivity contribution in [2.45, 2.75) is 6.04 Å². The maximum atomic E-state index is 4.00. The summed E-state index contributed by atoms with van der Waals surface area (Å²) in [7, 11) is 1.81. The van der Waals surface area contributed by atoms with Crippen molar-refractivity contribution in [2.24, 2.45) is 7.05 Å². The van der Waals surface area contributed by atoms with Gasteiger partial charge in [-0.25, -0.2) is 4.68 Å². The highest BCUT2D eigenvalue weighted by Crippen LogP contribution is 2.25. The van der Waals surface area contributed by atoms with Crippen LogP contribution in [0.4, 0.5) is 5.95 Å². The monoisotopic (exact) mass is 265 g/mol. The highest BCUT2D eigenvalue weighted by atomic mass is 15.6. The van der Waals surface area contributed by atoms with Gasteiger partial charge in [0.2, 0.25) is 5.95 Å². The van der Waals surface area contributed by atoms with Crippen LogP contribution in [0.1, 0.15) is 17.2 Å². The number of anilines is 1. The summed E-state index contributed by atoms with van der Waals surface area (Å²) in [4.78, 5) is 0. The lowest BCUT2D eigenvalue weighted by Crippen LogP contribution is -2.15. The number of hydrogen-bond donors (Lipinski definition) is 1. The van der Waals surface area contributed by atoms with E-state index < -0.39 is 0 Å². The van der Waals surface area contributed by atoms with Crippen LogP contribution in [-0.4, -0.2) is 20.2 Å². The smallest absolute Gasteiger partial charge is 0.243 e. The third-order valence-corrected chi connectivity index (χ3v) is 3.16. The molecule has 0 aliphatic rings. The molecule has 0 bridgehead atoms. The van der Waals surface area contributed by atoms with Crippen LogP contribution in [0.2, 0.25) is 0 Å². The summed E-state index contributed by atoms with van der Waals surface area (Å²) >= 11 is 0. The van der Waals surface area contributed by atoms with Gasteiger partial charge in [0.1, 0.15) is 0 Å². The van der Waals surface area contributed by atoms with Crippen molar-refractivity contribution in [3.63, 3.8) is 0 Å². The van der Waals surface area contributed by atoms with Crippen molar-refractivity contribution in [3.05, 3.63) is 71.8 Å². The minimum atomic E-state index is 0.0158. The van der Waals surface area contributed by atoms with Gasteiger partial charge in [0.15, 0.2) is 0 Å². The van der Waals surface area contributed by atoms with Gasteiger partial charge in [-0.3, -0.25) is 0 Å². The molecule has 1 N–H and O–H groups in total. The second kappa shape index (κ2) is 5.52. The van der Waals surface area contributed by atoms with Crippen molar-refractivity contribution in [2.75, 3.05) is 5.32 Å². The van der Waals surface area contributed by atoms with Crippen LogP contribution >= 0.6 is 0 Å². The first kappa shape index (κ1) is 12.3. The van der Waals surface area contributed by atoms with Gasteiger partial charge in [0.25, 0.3) is 0 Å². The van der Waals surface area contributed by atoms with Crippen molar-refractivity contribution in [1.29, 1.82) is 0 Å². The van der Waals surface area contributed by atoms with E-state index in [2.05, 4.69) is 45.1 Å². The molecule has 100 valence electrons. The standard InChI is InChI=1S/C15H15N5/c1-20-15(17-18-19-20)16-14(12-8-4-2-5-9-12)13-10-6-3-7-11-13/h2-11,14H,1H3,(H,16,17,19). The average molecular weight is 265 g/mol. The molecule has 3 rings (SSSR count). The second-order valence-corrected chi connectivity index (χ2v) is 4.52. The third kappa shape index (κ3) is 2.51. The number of hydrogen-bond acceptors (Lipinski definition) is 4. The molecule has 0 fully saturated rings. The molecule has 0 saturated heterocycles. The van der Waals surface area contributed by atoms with Crippen LogP contribution in [0.25, 0.3) is 0 Å². The second-order valence-electron chi connectivity index (χ2n) is 4.52. The molecule has 2 aromatic carbocycles. The lowest BCUT2D eigenvalue weighted by molar-refractivity contribution is 0.708. The van der Waals surface area contributed by atoms with Crippen LogP contribution in [0.3, 0.4) is 0 Å². The zero-order valence-corrected chi connectivity index (χ0v) is 11.1. The maximum Gasteiger partial charge on any atom is 0.243 e. The summed E-state index contributed by atoms with van der Waals surface area (Å²) in [6, 6.07) is 20.5. The first-order chi connectivity index (χ1) is 9.84. The van der Waals surface area contributed by atoms with Crippen LogP contribution in [0.5, 0.6) is 0 Å². The van der Waals surface area contributed by atoms with Gasteiger partial charge < -0.3 is 5.32 Å². The highest BCUT2D eigenvalue weighted by Gasteiger charge is 2.15. The number of aryl methyl sites for hydroxylation is 1. The summed E-state index contributed by atoms with van der Waals surface area (Å²) in [6.45, 7) is 0. The molecule has 3 aromatic rings. The molecule has 0 radical (unpaired) electrons. The van der Waals surface area contributed by atoms with Gasteiger partial charge in [0.05, 0.1) is 6.04 Å². The number of aromatic nitrogens is 4. The predicted molar refractivity (Wildman–Crippen MR) is 77.1 cm³/mol. The summed E-state index contributed by atoms with van der Waals surface area (Å²) in [5.74, 6) is 0.641. The summed E-state index contributed by atoms with van der Waals surface area (Å²) in [5.41, 5.74) is 2.34. The molecular weight excluding hydrogens is 250 g/mol. The Morgan fingerprint density at radius 2 is 1.45 bits per heavy atom. The molecule has 1 aromatic heterocycles. The van der Waals surface area contributed by atoms with Gasteiger partial charge in [-0.2, -0.15) is 0 Å². The SMILES string of the molecule is Cn1nnnc1NC(c1ccccc1)c1ccccc1. The average Bonchev–Trinajstić information content (AvgIpc) is 2.92. The lowest BCUT2D eigenvalue weighted by Gasteiger charge is -2.19. The molecule has 0 atom stereocenters. The molecule has 0 unspecified atom stereocenters. The van der Waals surface area contributed by atoms with Crippen LogP contribution in [-0.2, 0) is 7.05 Å². The predicted octanol–water partition coefficient (Wildman–Crippen LogP) is 2.41. The number of nitrogens with zero attached hydrogens (tertiary/aromatic N) is 4. The topological polar surface area (TPSA) is 55.6 Å². The van der Waals surface area contributed by atoms with E-state index in [-0.39, 0.29) is 6.04 Å².